The van der Waals surface area contributed by atoms with E-state index in [9.17, 15) is 0 Å². The third kappa shape index (κ3) is 5.11. The van der Waals surface area contributed by atoms with Crippen LogP contribution in [0.1, 0.15) is 49.9 Å². The van der Waals surface area contributed by atoms with Crippen LogP contribution < -0.4 is 0 Å². The van der Waals surface area contributed by atoms with Crippen LogP contribution in [-0.2, 0) is 10.8 Å². The van der Waals surface area contributed by atoms with Crippen molar-refractivity contribution in [1.29, 1.82) is 0 Å². The summed E-state index contributed by atoms with van der Waals surface area (Å²) in [5.74, 6) is 0. The third-order valence-corrected chi connectivity index (χ3v) is 15.0. The topological polar surface area (TPSA) is 0 Å². The fourth-order valence-corrected chi connectivity index (χ4v) is 11.9. The molecule has 64 heavy (non-hydrogen) atoms. The molecule has 0 unspecified atom stereocenters. The molecular formula is C64H46. The number of hydrogen-bond acceptors (Lipinski definition) is 0. The van der Waals surface area contributed by atoms with Gasteiger partial charge in [-0.05, 0) is 156 Å². The Morgan fingerprint density at radius 3 is 0.672 bits per heavy atom. The highest BCUT2D eigenvalue weighted by molar-refractivity contribution is 6.18. The predicted molar refractivity (Wildman–Crippen MR) is 273 cm³/mol. The van der Waals surface area contributed by atoms with Gasteiger partial charge in [-0.3, -0.25) is 0 Å². The third-order valence-electron chi connectivity index (χ3n) is 15.0. The lowest BCUT2D eigenvalue weighted by molar-refractivity contribution is 0.661. The van der Waals surface area contributed by atoms with Crippen molar-refractivity contribution >= 4 is 43.1 Å². The molecule has 2 aliphatic carbocycles. The average Bonchev–Trinajstić information content (AvgIpc) is 3.72. The molecule has 11 aromatic carbocycles. The van der Waals surface area contributed by atoms with E-state index in [1.807, 2.05) is 0 Å². The van der Waals surface area contributed by atoms with Crippen LogP contribution in [0.2, 0.25) is 0 Å². The van der Waals surface area contributed by atoms with Gasteiger partial charge in [-0.2, -0.15) is 0 Å². The van der Waals surface area contributed by atoms with E-state index in [4.69, 9.17) is 0 Å². The van der Waals surface area contributed by atoms with Crippen molar-refractivity contribution in [2.75, 3.05) is 0 Å². The molecule has 0 heterocycles. The van der Waals surface area contributed by atoms with Gasteiger partial charge >= 0.3 is 0 Å². The highest BCUT2D eigenvalue weighted by atomic mass is 14.4. The largest absolute Gasteiger partial charge is 0.0622 e. The summed E-state index contributed by atoms with van der Waals surface area (Å²) in [5.41, 5.74) is 20.9. The van der Waals surface area contributed by atoms with Crippen LogP contribution in [0.25, 0.3) is 110 Å². The maximum Gasteiger partial charge on any atom is 0.0159 e. The zero-order valence-electron chi connectivity index (χ0n) is 36.6. The lowest BCUT2D eigenvalue weighted by atomic mass is 9.79. The Labute approximate surface area is 375 Å². The van der Waals surface area contributed by atoms with Gasteiger partial charge in [0.25, 0.3) is 0 Å². The molecule has 0 radical (unpaired) electrons. The van der Waals surface area contributed by atoms with Crippen molar-refractivity contribution in [3.63, 3.8) is 0 Å². The molecule has 2 aliphatic rings. The summed E-state index contributed by atoms with van der Waals surface area (Å²) in [7, 11) is 0. The summed E-state index contributed by atoms with van der Waals surface area (Å²) < 4.78 is 0. The van der Waals surface area contributed by atoms with Gasteiger partial charge in [0.2, 0.25) is 0 Å². The van der Waals surface area contributed by atoms with Gasteiger partial charge in [0, 0.05) is 10.8 Å². The van der Waals surface area contributed by atoms with Gasteiger partial charge in [0.15, 0.2) is 0 Å². The lowest BCUT2D eigenvalue weighted by Crippen LogP contribution is -2.15. The number of hydrogen-bond donors (Lipinski definition) is 0. The first-order valence-corrected chi connectivity index (χ1v) is 22.8. The van der Waals surface area contributed by atoms with E-state index < -0.39 is 0 Å². The first-order chi connectivity index (χ1) is 31.3. The highest BCUT2D eigenvalue weighted by Gasteiger charge is 2.41. The minimum absolute atomic E-state index is 0.197. The fraction of sp³-hybridized carbons (Fsp3) is 0.0938. The summed E-state index contributed by atoms with van der Waals surface area (Å²) in [5, 5.41) is 10.5. The molecule has 0 amide bonds. The molecule has 0 bridgehead atoms. The minimum atomic E-state index is -0.197. The normalized spacial score (nSPS) is 14.2. The van der Waals surface area contributed by atoms with E-state index in [-0.39, 0.29) is 10.8 Å². The monoisotopic (exact) mass is 814 g/mol. The van der Waals surface area contributed by atoms with E-state index in [0.29, 0.717) is 0 Å². The molecule has 11 aromatic rings. The first-order valence-electron chi connectivity index (χ1n) is 22.8. The van der Waals surface area contributed by atoms with E-state index in [1.54, 1.807) is 0 Å². The van der Waals surface area contributed by atoms with E-state index in [1.165, 1.54) is 132 Å². The average molecular weight is 815 g/mol. The highest BCUT2D eigenvalue weighted by Crippen LogP contribution is 2.58. The Bertz CT molecular complexity index is 3490. The Hall–Kier alpha value is -7.54. The van der Waals surface area contributed by atoms with Crippen molar-refractivity contribution < 1.29 is 0 Å². The van der Waals surface area contributed by atoms with Gasteiger partial charge in [-0.15, -0.1) is 0 Å². The Morgan fingerprint density at radius 2 is 0.422 bits per heavy atom. The van der Waals surface area contributed by atoms with Crippen LogP contribution in [0.4, 0.5) is 0 Å². The molecule has 0 saturated heterocycles. The maximum atomic E-state index is 2.52. The molecule has 13 rings (SSSR count). The fourth-order valence-electron chi connectivity index (χ4n) is 11.9. The van der Waals surface area contributed by atoms with Crippen LogP contribution in [0.15, 0.2) is 206 Å². The number of fused-ring (bicyclic) bond motifs is 14. The second kappa shape index (κ2) is 13.5. The quantitative estimate of drug-likeness (QED) is 0.166. The van der Waals surface area contributed by atoms with Crippen molar-refractivity contribution in [2.24, 2.45) is 0 Å². The molecule has 0 aromatic heterocycles. The van der Waals surface area contributed by atoms with Crippen LogP contribution in [0.5, 0.6) is 0 Å². The molecule has 0 saturated carbocycles. The van der Waals surface area contributed by atoms with Gasteiger partial charge < -0.3 is 0 Å². The second-order valence-corrected chi connectivity index (χ2v) is 19.1. The van der Waals surface area contributed by atoms with Crippen molar-refractivity contribution in [3.05, 3.63) is 229 Å². The zero-order chi connectivity index (χ0) is 42.9. The van der Waals surface area contributed by atoms with Crippen molar-refractivity contribution in [3.8, 4) is 66.8 Å². The van der Waals surface area contributed by atoms with Crippen molar-refractivity contribution in [2.45, 2.75) is 38.5 Å². The summed E-state index contributed by atoms with van der Waals surface area (Å²) in [6, 6.07) is 77.5. The van der Waals surface area contributed by atoms with E-state index in [0.717, 1.165) is 0 Å². The minimum Gasteiger partial charge on any atom is -0.0622 e. The zero-order valence-corrected chi connectivity index (χ0v) is 36.6. The molecule has 0 N–H and O–H groups in total. The Kier molecular flexibility index (Phi) is 7.80. The predicted octanol–water partition coefficient (Wildman–Crippen LogP) is 17.6. The first kappa shape index (κ1) is 37.1. The number of rotatable bonds is 4. The summed E-state index contributed by atoms with van der Waals surface area (Å²) >= 11 is 0. The van der Waals surface area contributed by atoms with Crippen LogP contribution in [0, 0.1) is 0 Å². The SMILES string of the molecule is CC1(C)c2cc(-c3ccccc3)c3ccccc3c2-c2c1cc(-c1ccc(-c3cc4c(c5ccccc35)-c3c(cc(-c5ccccc5)c5ccccc35)C4(C)C)cc1)c1ccccc21. The standard InChI is InChI=1S/C64H46/c1-63(2)55-35-51(39-19-7-5-8-20-39)43-23-11-15-27-47(43)59(55)61-49-29-17-13-25-45(49)53(37-57(61)63)41-31-33-42(34-32-41)54-38-58-62(50-30-18-14-26-46(50)54)60-48-28-16-12-24-44(48)52(36-56(60)64(58,3)4)40-21-9-6-10-22-40/h5-38H,1-4H3. The summed E-state index contributed by atoms with van der Waals surface area (Å²) in [6.07, 6.45) is 0. The van der Waals surface area contributed by atoms with Gasteiger partial charge in [0.1, 0.15) is 0 Å². The van der Waals surface area contributed by atoms with Crippen molar-refractivity contribution in [1.82, 2.24) is 0 Å². The molecule has 0 heteroatoms. The number of benzene rings is 11. The maximum absolute atomic E-state index is 2.52. The Morgan fingerprint density at radius 1 is 0.219 bits per heavy atom. The molecule has 0 nitrogen and oxygen atoms in total. The molecule has 302 valence electrons. The molecule has 0 aliphatic heterocycles. The summed E-state index contributed by atoms with van der Waals surface area (Å²) in [4.78, 5) is 0. The van der Waals surface area contributed by atoms with E-state index >= 15 is 0 Å². The molecule has 0 spiro atoms. The molecule has 0 fully saturated rings. The summed E-state index contributed by atoms with van der Waals surface area (Å²) in [6.45, 7) is 9.69. The van der Waals surface area contributed by atoms with Crippen LogP contribution >= 0.6 is 0 Å². The van der Waals surface area contributed by atoms with E-state index in [2.05, 4.69) is 234 Å². The Balaban J connectivity index is 0.970. The van der Waals surface area contributed by atoms with Crippen LogP contribution in [0.3, 0.4) is 0 Å². The second-order valence-electron chi connectivity index (χ2n) is 19.1. The van der Waals surface area contributed by atoms with Gasteiger partial charge in [-0.1, -0.05) is 210 Å². The molecular weight excluding hydrogens is 769 g/mol. The lowest BCUT2D eigenvalue weighted by Gasteiger charge is -2.24. The smallest absolute Gasteiger partial charge is 0.0159 e. The molecule has 0 atom stereocenters. The van der Waals surface area contributed by atoms with Gasteiger partial charge in [0.05, 0.1) is 0 Å². The van der Waals surface area contributed by atoms with Crippen LogP contribution in [-0.4, -0.2) is 0 Å². The van der Waals surface area contributed by atoms with Gasteiger partial charge in [-0.25, -0.2) is 0 Å².